The van der Waals surface area contributed by atoms with E-state index in [0.29, 0.717) is 6.04 Å². The van der Waals surface area contributed by atoms with Crippen molar-refractivity contribution in [3.05, 3.63) is 0 Å². The first-order valence-corrected chi connectivity index (χ1v) is 4.06. The van der Waals surface area contributed by atoms with Gasteiger partial charge in [0.25, 0.3) is 0 Å². The normalized spacial score (nSPS) is 35.1. The Morgan fingerprint density at radius 1 is 1.20 bits per heavy atom. The van der Waals surface area contributed by atoms with Crippen LogP contribution in [0.4, 0.5) is 0 Å². The largest absolute Gasteiger partial charge is 0.328 e. The van der Waals surface area contributed by atoms with Gasteiger partial charge in [-0.25, -0.2) is 0 Å². The summed E-state index contributed by atoms with van der Waals surface area (Å²) in [4.78, 5) is 0. The molecule has 0 bridgehead atoms. The quantitative estimate of drug-likeness (QED) is 0.579. The Balaban J connectivity index is 0.000000500. The zero-order valence-electron chi connectivity index (χ0n) is 6.31. The molecule has 2 rings (SSSR count). The maximum absolute atomic E-state index is 5.85. The van der Waals surface area contributed by atoms with Gasteiger partial charge in [-0.15, -0.1) is 12.4 Å². The molecule has 2 aliphatic carbocycles. The maximum Gasteiger partial charge on any atom is 0.00441 e. The van der Waals surface area contributed by atoms with Crippen molar-refractivity contribution in [3.63, 3.8) is 0 Å². The number of hydrogen-bond acceptors (Lipinski definition) is 1. The third-order valence-corrected chi connectivity index (χ3v) is 2.93. The van der Waals surface area contributed by atoms with Crippen molar-refractivity contribution < 1.29 is 0 Å². The summed E-state index contributed by atoms with van der Waals surface area (Å²) in [6.07, 6.45) is 8.41. The molecule has 0 saturated heterocycles. The number of halogens is 1. The highest BCUT2D eigenvalue weighted by Crippen LogP contribution is 2.55. The van der Waals surface area contributed by atoms with Crippen molar-refractivity contribution in [1.29, 1.82) is 0 Å². The molecule has 2 heteroatoms. The first-order valence-electron chi connectivity index (χ1n) is 4.06. The molecule has 1 spiro atoms. The molecule has 0 amide bonds. The maximum atomic E-state index is 5.85. The van der Waals surface area contributed by atoms with Gasteiger partial charge in [-0.1, -0.05) is 6.42 Å². The summed E-state index contributed by atoms with van der Waals surface area (Å²) in [5.41, 5.74) is 6.63. The van der Waals surface area contributed by atoms with Crippen LogP contribution >= 0.6 is 12.4 Å². The van der Waals surface area contributed by atoms with E-state index in [4.69, 9.17) is 5.73 Å². The molecule has 1 nitrogen and oxygen atoms in total. The molecular formula is C8H16ClN. The van der Waals surface area contributed by atoms with E-state index in [1.807, 2.05) is 0 Å². The minimum atomic E-state index is 0. The van der Waals surface area contributed by atoms with Crippen LogP contribution in [0.25, 0.3) is 0 Å². The van der Waals surface area contributed by atoms with Crippen LogP contribution in [-0.4, -0.2) is 6.04 Å². The van der Waals surface area contributed by atoms with E-state index in [9.17, 15) is 0 Å². The Hall–Kier alpha value is 0.250. The Labute approximate surface area is 68.8 Å². The average Bonchev–Trinajstić information content (AvgIpc) is 2.49. The molecule has 0 aromatic carbocycles. The molecule has 10 heavy (non-hydrogen) atoms. The molecule has 2 saturated carbocycles. The van der Waals surface area contributed by atoms with E-state index in [-0.39, 0.29) is 12.4 Å². The van der Waals surface area contributed by atoms with Crippen LogP contribution in [0.1, 0.15) is 38.5 Å². The van der Waals surface area contributed by atoms with Crippen LogP contribution < -0.4 is 5.73 Å². The second-order valence-electron chi connectivity index (χ2n) is 3.86. The standard InChI is InChI=1S/C8H15N.ClH/c9-7-2-1-3-8(6-7)4-5-8;/h7H,1-6,9H2;1H. The molecule has 2 fully saturated rings. The predicted octanol–water partition coefficient (Wildman–Crippen LogP) is 2.09. The van der Waals surface area contributed by atoms with Crippen molar-refractivity contribution in [2.24, 2.45) is 11.1 Å². The summed E-state index contributed by atoms with van der Waals surface area (Å²) >= 11 is 0. The van der Waals surface area contributed by atoms with Gasteiger partial charge in [-0.05, 0) is 37.5 Å². The lowest BCUT2D eigenvalue weighted by Gasteiger charge is -2.25. The fourth-order valence-corrected chi connectivity index (χ4v) is 2.13. The van der Waals surface area contributed by atoms with Crippen molar-refractivity contribution in [1.82, 2.24) is 0 Å². The highest BCUT2D eigenvalue weighted by Gasteiger charge is 2.44. The molecule has 1 unspecified atom stereocenters. The minimum absolute atomic E-state index is 0. The van der Waals surface area contributed by atoms with Crippen molar-refractivity contribution in [3.8, 4) is 0 Å². The molecule has 0 aromatic heterocycles. The van der Waals surface area contributed by atoms with Gasteiger partial charge in [-0.2, -0.15) is 0 Å². The van der Waals surface area contributed by atoms with Gasteiger partial charge in [-0.3, -0.25) is 0 Å². The third-order valence-electron chi connectivity index (χ3n) is 2.93. The monoisotopic (exact) mass is 161 g/mol. The average molecular weight is 162 g/mol. The van der Waals surface area contributed by atoms with Gasteiger partial charge in [0.2, 0.25) is 0 Å². The van der Waals surface area contributed by atoms with Crippen LogP contribution in [0, 0.1) is 5.41 Å². The molecule has 0 aliphatic heterocycles. The van der Waals surface area contributed by atoms with Crippen LogP contribution in [0.3, 0.4) is 0 Å². The van der Waals surface area contributed by atoms with Crippen molar-refractivity contribution >= 4 is 12.4 Å². The fourth-order valence-electron chi connectivity index (χ4n) is 2.13. The molecule has 2 N–H and O–H groups in total. The van der Waals surface area contributed by atoms with Crippen LogP contribution in [0.2, 0.25) is 0 Å². The van der Waals surface area contributed by atoms with Crippen molar-refractivity contribution in [2.45, 2.75) is 44.6 Å². The highest BCUT2D eigenvalue weighted by molar-refractivity contribution is 5.85. The molecule has 2 aliphatic rings. The Kier molecular flexibility index (Phi) is 2.26. The molecule has 0 radical (unpaired) electrons. The minimum Gasteiger partial charge on any atom is -0.328 e. The fraction of sp³-hybridized carbons (Fsp3) is 1.00. The van der Waals surface area contributed by atoms with Gasteiger partial charge in [0.15, 0.2) is 0 Å². The van der Waals surface area contributed by atoms with Crippen LogP contribution in [0.15, 0.2) is 0 Å². The van der Waals surface area contributed by atoms with Gasteiger partial charge in [0.05, 0.1) is 0 Å². The second kappa shape index (κ2) is 2.71. The van der Waals surface area contributed by atoms with E-state index in [1.165, 1.54) is 38.5 Å². The van der Waals surface area contributed by atoms with E-state index in [1.54, 1.807) is 0 Å². The molecular weight excluding hydrogens is 146 g/mol. The van der Waals surface area contributed by atoms with E-state index in [2.05, 4.69) is 0 Å². The summed E-state index contributed by atoms with van der Waals surface area (Å²) in [5.74, 6) is 0. The van der Waals surface area contributed by atoms with Crippen LogP contribution in [-0.2, 0) is 0 Å². The lowest BCUT2D eigenvalue weighted by Crippen LogP contribution is -2.28. The Morgan fingerprint density at radius 3 is 2.30 bits per heavy atom. The summed E-state index contributed by atoms with van der Waals surface area (Å²) in [6, 6.07) is 0.543. The van der Waals surface area contributed by atoms with Gasteiger partial charge in [0, 0.05) is 6.04 Å². The van der Waals surface area contributed by atoms with Gasteiger partial charge >= 0.3 is 0 Å². The lowest BCUT2D eigenvalue weighted by molar-refractivity contribution is 0.302. The molecule has 1 atom stereocenters. The van der Waals surface area contributed by atoms with Crippen molar-refractivity contribution in [2.75, 3.05) is 0 Å². The summed E-state index contributed by atoms with van der Waals surface area (Å²) in [6.45, 7) is 0. The molecule has 0 heterocycles. The summed E-state index contributed by atoms with van der Waals surface area (Å²) in [7, 11) is 0. The third kappa shape index (κ3) is 1.46. The van der Waals surface area contributed by atoms with Gasteiger partial charge < -0.3 is 5.73 Å². The Morgan fingerprint density at radius 2 is 1.90 bits per heavy atom. The zero-order valence-corrected chi connectivity index (χ0v) is 7.12. The predicted molar refractivity (Wildman–Crippen MR) is 45.4 cm³/mol. The smallest absolute Gasteiger partial charge is 0.00441 e. The zero-order chi connectivity index (χ0) is 6.32. The SMILES string of the molecule is Cl.NC1CCCC2(CC2)C1. The van der Waals surface area contributed by atoms with E-state index < -0.39 is 0 Å². The first-order chi connectivity index (χ1) is 4.31. The molecule has 0 aromatic rings. The summed E-state index contributed by atoms with van der Waals surface area (Å²) < 4.78 is 0. The van der Waals surface area contributed by atoms with Crippen LogP contribution in [0.5, 0.6) is 0 Å². The van der Waals surface area contributed by atoms with E-state index >= 15 is 0 Å². The topological polar surface area (TPSA) is 26.0 Å². The van der Waals surface area contributed by atoms with E-state index in [0.717, 1.165) is 5.41 Å². The first kappa shape index (κ1) is 8.35. The molecule has 60 valence electrons. The second-order valence-corrected chi connectivity index (χ2v) is 3.86. The Bertz CT molecular complexity index is 120. The number of rotatable bonds is 0. The number of hydrogen-bond donors (Lipinski definition) is 1. The summed E-state index contributed by atoms with van der Waals surface area (Å²) in [5, 5.41) is 0. The highest BCUT2D eigenvalue weighted by atomic mass is 35.5. The lowest BCUT2D eigenvalue weighted by atomic mass is 9.84. The number of nitrogens with two attached hydrogens (primary N) is 1. The van der Waals surface area contributed by atoms with Gasteiger partial charge in [0.1, 0.15) is 0 Å².